The highest BCUT2D eigenvalue weighted by atomic mass is 35.5. The van der Waals surface area contributed by atoms with Gasteiger partial charge in [-0.15, -0.1) is 12.4 Å². The third-order valence-electron chi connectivity index (χ3n) is 4.58. The Balaban J connectivity index is 0.00000288. The predicted molar refractivity (Wildman–Crippen MR) is 94.9 cm³/mol. The lowest BCUT2D eigenvalue weighted by Gasteiger charge is -2.41. The molecule has 1 aromatic rings. The minimum Gasteiger partial charge on any atom is -0.465 e. The van der Waals surface area contributed by atoms with Gasteiger partial charge in [0.2, 0.25) is 10.0 Å². The molecule has 2 rings (SSSR count). The second kappa shape index (κ2) is 7.39. The minimum absolute atomic E-state index is 0. The van der Waals surface area contributed by atoms with Crippen LogP contribution in [0.3, 0.4) is 0 Å². The van der Waals surface area contributed by atoms with E-state index in [2.05, 4.69) is 0 Å². The Hall–Kier alpha value is -1.15. The highest BCUT2D eigenvalue weighted by Gasteiger charge is 2.39. The van der Waals surface area contributed by atoms with Crippen LogP contribution in [0.4, 0.5) is 0 Å². The van der Waals surface area contributed by atoms with Crippen LogP contribution in [0, 0.1) is 12.3 Å². The third kappa shape index (κ3) is 3.74. The fourth-order valence-electron chi connectivity index (χ4n) is 2.89. The van der Waals surface area contributed by atoms with Gasteiger partial charge in [0.05, 0.1) is 17.6 Å². The third-order valence-corrected chi connectivity index (χ3v) is 6.57. The number of methoxy groups -OCH3 is 1. The summed E-state index contributed by atoms with van der Waals surface area (Å²) < 4.78 is 32.2. The molecule has 0 aromatic heterocycles. The van der Waals surface area contributed by atoms with Crippen molar-refractivity contribution in [3.8, 4) is 0 Å². The summed E-state index contributed by atoms with van der Waals surface area (Å²) in [6.07, 6.45) is 0.613. The van der Waals surface area contributed by atoms with E-state index < -0.39 is 16.0 Å². The Morgan fingerprint density at radius 1 is 1.38 bits per heavy atom. The van der Waals surface area contributed by atoms with Gasteiger partial charge in [-0.05, 0) is 36.5 Å². The zero-order valence-corrected chi connectivity index (χ0v) is 16.0. The maximum atomic E-state index is 13.0. The lowest BCUT2D eigenvalue weighted by atomic mass is 9.81. The lowest BCUT2D eigenvalue weighted by Crippen LogP contribution is -2.53. The Morgan fingerprint density at radius 3 is 2.54 bits per heavy atom. The molecule has 0 amide bonds. The van der Waals surface area contributed by atoms with Crippen LogP contribution in [0.15, 0.2) is 23.1 Å². The summed E-state index contributed by atoms with van der Waals surface area (Å²) in [5.41, 5.74) is 6.47. The highest BCUT2D eigenvalue weighted by molar-refractivity contribution is 7.89. The molecule has 0 bridgehead atoms. The number of piperidine rings is 1. The zero-order chi connectivity index (χ0) is 17.4. The molecule has 136 valence electrons. The first kappa shape index (κ1) is 20.9. The number of sulfonamides is 1. The number of esters is 1. The highest BCUT2D eigenvalue weighted by Crippen LogP contribution is 2.32. The van der Waals surface area contributed by atoms with E-state index in [0.717, 1.165) is 0 Å². The van der Waals surface area contributed by atoms with E-state index in [0.29, 0.717) is 25.1 Å². The van der Waals surface area contributed by atoms with Gasteiger partial charge >= 0.3 is 5.97 Å². The van der Waals surface area contributed by atoms with Gasteiger partial charge in [-0.25, -0.2) is 13.2 Å². The van der Waals surface area contributed by atoms with Crippen LogP contribution < -0.4 is 5.73 Å². The van der Waals surface area contributed by atoms with Crippen LogP contribution in [-0.2, 0) is 14.8 Å². The van der Waals surface area contributed by atoms with Crippen molar-refractivity contribution in [3.05, 3.63) is 29.3 Å². The summed E-state index contributed by atoms with van der Waals surface area (Å²) in [4.78, 5) is 11.9. The number of benzene rings is 1. The van der Waals surface area contributed by atoms with Crippen LogP contribution in [0.2, 0.25) is 0 Å². The van der Waals surface area contributed by atoms with Crippen molar-refractivity contribution in [2.75, 3.05) is 20.2 Å². The van der Waals surface area contributed by atoms with Crippen LogP contribution in [0.1, 0.15) is 36.2 Å². The number of nitrogens with zero attached hydrogens (tertiary/aromatic N) is 1. The summed E-state index contributed by atoms with van der Waals surface area (Å²) in [5, 5.41) is 0. The van der Waals surface area contributed by atoms with Crippen molar-refractivity contribution in [2.24, 2.45) is 11.1 Å². The van der Waals surface area contributed by atoms with Crippen molar-refractivity contribution in [3.63, 3.8) is 0 Å². The molecule has 1 aromatic carbocycles. The van der Waals surface area contributed by atoms with Crippen molar-refractivity contribution in [1.29, 1.82) is 0 Å². The molecule has 1 saturated heterocycles. The molecule has 1 aliphatic heterocycles. The topological polar surface area (TPSA) is 89.7 Å². The summed E-state index contributed by atoms with van der Waals surface area (Å²) in [6.45, 7) is 6.31. The van der Waals surface area contributed by atoms with E-state index in [1.807, 2.05) is 13.8 Å². The van der Waals surface area contributed by atoms with Gasteiger partial charge in [0.25, 0.3) is 0 Å². The molecule has 0 saturated carbocycles. The molecule has 0 radical (unpaired) electrons. The average Bonchev–Trinajstić information content (AvgIpc) is 2.49. The number of rotatable bonds is 3. The second-order valence-corrected chi connectivity index (χ2v) is 8.55. The Bertz CT molecular complexity index is 719. The van der Waals surface area contributed by atoms with Gasteiger partial charge < -0.3 is 10.5 Å². The molecule has 8 heteroatoms. The number of ether oxygens (including phenoxy) is 1. The van der Waals surface area contributed by atoms with Gasteiger partial charge in [0, 0.05) is 19.1 Å². The van der Waals surface area contributed by atoms with Crippen LogP contribution in [0.5, 0.6) is 0 Å². The van der Waals surface area contributed by atoms with E-state index in [9.17, 15) is 13.2 Å². The molecule has 1 atom stereocenters. The minimum atomic E-state index is -3.68. The molecule has 1 fully saturated rings. The molecule has 24 heavy (non-hydrogen) atoms. The van der Waals surface area contributed by atoms with Gasteiger partial charge in [-0.2, -0.15) is 4.31 Å². The van der Waals surface area contributed by atoms with E-state index in [1.165, 1.54) is 17.5 Å². The SMILES string of the molecule is COC(=O)c1cccc(S(=O)(=O)N2CCC(N)C(C)(C)C2)c1C.Cl. The van der Waals surface area contributed by atoms with Crippen LogP contribution in [0.25, 0.3) is 0 Å². The smallest absolute Gasteiger partial charge is 0.338 e. The van der Waals surface area contributed by atoms with Gasteiger partial charge in [0.1, 0.15) is 0 Å². The van der Waals surface area contributed by atoms with Gasteiger partial charge in [-0.1, -0.05) is 19.9 Å². The Labute approximate surface area is 149 Å². The van der Waals surface area contributed by atoms with Gasteiger partial charge in [-0.3, -0.25) is 0 Å². The lowest BCUT2D eigenvalue weighted by molar-refractivity contribution is 0.0599. The predicted octanol–water partition coefficient (Wildman–Crippen LogP) is 1.95. The first-order valence-electron chi connectivity index (χ1n) is 7.55. The van der Waals surface area contributed by atoms with E-state index >= 15 is 0 Å². The average molecular weight is 377 g/mol. The quantitative estimate of drug-likeness (QED) is 0.814. The summed E-state index contributed by atoms with van der Waals surface area (Å²) in [5.74, 6) is -0.541. The molecular weight excluding hydrogens is 352 g/mol. The first-order valence-corrected chi connectivity index (χ1v) is 8.99. The fourth-order valence-corrected chi connectivity index (χ4v) is 4.77. The molecule has 0 aliphatic carbocycles. The Morgan fingerprint density at radius 2 is 2.00 bits per heavy atom. The monoisotopic (exact) mass is 376 g/mol. The number of hydrogen-bond donors (Lipinski definition) is 1. The fraction of sp³-hybridized carbons (Fsp3) is 0.562. The number of nitrogens with two attached hydrogens (primary N) is 1. The molecule has 1 aliphatic rings. The molecule has 2 N–H and O–H groups in total. The van der Waals surface area contributed by atoms with E-state index in [-0.39, 0.29) is 34.3 Å². The largest absolute Gasteiger partial charge is 0.465 e. The van der Waals surface area contributed by atoms with Crippen LogP contribution in [-0.4, -0.2) is 44.9 Å². The number of carbonyl (C=O) groups excluding carboxylic acids is 1. The maximum absolute atomic E-state index is 13.0. The van der Waals surface area contributed by atoms with Crippen molar-refractivity contribution in [1.82, 2.24) is 4.31 Å². The summed E-state index contributed by atoms with van der Waals surface area (Å²) in [7, 11) is -2.41. The van der Waals surface area contributed by atoms with Crippen LogP contribution >= 0.6 is 12.4 Å². The molecule has 1 heterocycles. The van der Waals surface area contributed by atoms with Crippen molar-refractivity contribution >= 4 is 28.4 Å². The number of halogens is 1. The van der Waals surface area contributed by atoms with E-state index in [4.69, 9.17) is 10.5 Å². The van der Waals surface area contributed by atoms with E-state index in [1.54, 1.807) is 19.1 Å². The maximum Gasteiger partial charge on any atom is 0.338 e. The molecular formula is C16H25ClN2O4S. The molecule has 6 nitrogen and oxygen atoms in total. The number of carbonyl (C=O) groups is 1. The zero-order valence-electron chi connectivity index (χ0n) is 14.4. The standard InChI is InChI=1S/C16H24N2O4S.ClH/c1-11-12(15(19)22-4)6-5-7-13(11)23(20,21)18-9-8-14(17)16(2,3)10-18;/h5-7,14H,8-10,17H2,1-4H3;1H. The van der Waals surface area contributed by atoms with Crippen molar-refractivity contribution < 1.29 is 17.9 Å². The normalized spacial score (nSPS) is 21.0. The second-order valence-electron chi connectivity index (χ2n) is 6.64. The van der Waals surface area contributed by atoms with Gasteiger partial charge in [0.15, 0.2) is 0 Å². The summed E-state index contributed by atoms with van der Waals surface area (Å²) in [6, 6.07) is 4.62. The molecule has 0 spiro atoms. The van der Waals surface area contributed by atoms with Crippen molar-refractivity contribution in [2.45, 2.75) is 38.1 Å². The number of hydrogen-bond acceptors (Lipinski definition) is 5. The summed E-state index contributed by atoms with van der Waals surface area (Å²) >= 11 is 0. The first-order chi connectivity index (χ1) is 10.6. The molecule has 1 unspecified atom stereocenters. The Kier molecular flexibility index (Phi) is 6.43.